The van der Waals surface area contributed by atoms with Gasteiger partial charge in [0.2, 0.25) is 0 Å². The lowest BCUT2D eigenvalue weighted by molar-refractivity contribution is 0.176. The maximum atomic E-state index is 12.9. The van der Waals surface area contributed by atoms with Crippen LogP contribution in [0.1, 0.15) is 19.4 Å². The Kier molecular flexibility index (Phi) is 5.58. The van der Waals surface area contributed by atoms with Gasteiger partial charge in [0, 0.05) is 32.2 Å². The summed E-state index contributed by atoms with van der Waals surface area (Å²) in [6.07, 6.45) is 0. The lowest BCUT2D eigenvalue weighted by Crippen LogP contribution is -2.53. The molecule has 2 atom stereocenters. The summed E-state index contributed by atoms with van der Waals surface area (Å²) in [5, 5.41) is -0.302. The van der Waals surface area contributed by atoms with Crippen molar-refractivity contribution >= 4 is 9.84 Å². The largest absolute Gasteiger partial charge is 0.301 e. The van der Waals surface area contributed by atoms with Crippen LogP contribution in [0, 0.1) is 5.82 Å². The average Bonchev–Trinajstić information content (AvgIpc) is 2.47. The summed E-state index contributed by atoms with van der Waals surface area (Å²) < 4.78 is 36.6. The third-order valence-corrected chi connectivity index (χ3v) is 6.90. The van der Waals surface area contributed by atoms with E-state index in [1.54, 1.807) is 19.1 Å². The summed E-state index contributed by atoms with van der Waals surface area (Å²) in [4.78, 5) is 4.42. The van der Waals surface area contributed by atoms with Gasteiger partial charge >= 0.3 is 0 Å². The SMILES string of the molecule is CC1C(C)S(=O)(=O)CCN1CCN(C)Cc1ccc(F)cc1. The average molecular weight is 328 g/mol. The maximum absolute atomic E-state index is 12.9. The van der Waals surface area contributed by atoms with Crippen LogP contribution in [-0.2, 0) is 16.4 Å². The van der Waals surface area contributed by atoms with Crippen LogP contribution in [0.2, 0.25) is 0 Å². The van der Waals surface area contributed by atoms with Gasteiger partial charge in [-0.05, 0) is 38.6 Å². The predicted molar refractivity (Wildman–Crippen MR) is 87.0 cm³/mol. The fraction of sp³-hybridized carbons (Fsp3) is 0.625. The minimum atomic E-state index is -2.93. The Labute approximate surface area is 132 Å². The number of hydrogen-bond donors (Lipinski definition) is 0. The summed E-state index contributed by atoms with van der Waals surface area (Å²) in [5.74, 6) is 0.0314. The van der Waals surface area contributed by atoms with Crippen LogP contribution in [0.15, 0.2) is 24.3 Å². The summed E-state index contributed by atoms with van der Waals surface area (Å²) >= 11 is 0. The molecule has 0 radical (unpaired) electrons. The normalized spacial score (nSPS) is 25.5. The number of benzene rings is 1. The molecule has 2 rings (SSSR count). The van der Waals surface area contributed by atoms with Gasteiger partial charge < -0.3 is 4.90 Å². The van der Waals surface area contributed by atoms with Gasteiger partial charge in [0.15, 0.2) is 9.84 Å². The van der Waals surface area contributed by atoms with Crippen LogP contribution in [0.3, 0.4) is 0 Å². The van der Waals surface area contributed by atoms with Crippen molar-refractivity contribution in [1.82, 2.24) is 9.80 Å². The monoisotopic (exact) mass is 328 g/mol. The minimum absolute atomic E-state index is 0.0537. The molecule has 0 saturated carbocycles. The molecule has 0 N–H and O–H groups in total. The highest BCUT2D eigenvalue weighted by molar-refractivity contribution is 7.92. The molecule has 1 aliphatic heterocycles. The second-order valence-corrected chi connectivity index (χ2v) is 8.69. The molecule has 1 fully saturated rings. The highest BCUT2D eigenvalue weighted by atomic mass is 32.2. The Morgan fingerprint density at radius 3 is 2.55 bits per heavy atom. The highest BCUT2D eigenvalue weighted by Gasteiger charge is 2.35. The fourth-order valence-electron chi connectivity index (χ4n) is 2.83. The van der Waals surface area contributed by atoms with E-state index in [0.717, 1.165) is 25.2 Å². The summed E-state index contributed by atoms with van der Waals surface area (Å²) in [5.41, 5.74) is 1.08. The Morgan fingerprint density at radius 2 is 1.91 bits per heavy atom. The molecule has 0 amide bonds. The second kappa shape index (κ2) is 7.06. The molecule has 2 unspecified atom stereocenters. The van der Waals surface area contributed by atoms with Gasteiger partial charge in [-0.15, -0.1) is 0 Å². The van der Waals surface area contributed by atoms with Crippen molar-refractivity contribution in [3.8, 4) is 0 Å². The number of halogens is 1. The molecule has 0 aliphatic carbocycles. The fourth-order valence-corrected chi connectivity index (χ4v) is 4.46. The number of nitrogens with zero attached hydrogens (tertiary/aromatic N) is 2. The van der Waals surface area contributed by atoms with E-state index in [1.165, 1.54) is 12.1 Å². The Bertz CT molecular complexity index is 589. The van der Waals surface area contributed by atoms with E-state index in [2.05, 4.69) is 9.80 Å². The molecule has 1 aromatic rings. The molecule has 0 aromatic heterocycles. The first kappa shape index (κ1) is 17.4. The Balaban J connectivity index is 1.83. The van der Waals surface area contributed by atoms with Crippen molar-refractivity contribution in [3.63, 3.8) is 0 Å². The van der Waals surface area contributed by atoms with Crippen LogP contribution >= 0.6 is 0 Å². The van der Waals surface area contributed by atoms with Crippen LogP contribution in [0.4, 0.5) is 4.39 Å². The van der Waals surface area contributed by atoms with E-state index in [-0.39, 0.29) is 22.9 Å². The lowest BCUT2D eigenvalue weighted by Gasteiger charge is -2.38. The van der Waals surface area contributed by atoms with Gasteiger partial charge in [-0.3, -0.25) is 4.90 Å². The van der Waals surface area contributed by atoms with Gasteiger partial charge in [0.05, 0.1) is 11.0 Å². The van der Waals surface area contributed by atoms with E-state index >= 15 is 0 Å². The number of likely N-dealkylation sites (N-methyl/N-ethyl adjacent to an activating group) is 1. The highest BCUT2D eigenvalue weighted by Crippen LogP contribution is 2.19. The van der Waals surface area contributed by atoms with Crippen molar-refractivity contribution < 1.29 is 12.8 Å². The first-order valence-corrected chi connectivity index (χ1v) is 9.40. The van der Waals surface area contributed by atoms with Crippen LogP contribution in [-0.4, -0.2) is 61.9 Å². The quantitative estimate of drug-likeness (QED) is 0.826. The van der Waals surface area contributed by atoms with Gasteiger partial charge in [0.1, 0.15) is 5.82 Å². The van der Waals surface area contributed by atoms with E-state index in [0.29, 0.717) is 6.54 Å². The van der Waals surface area contributed by atoms with E-state index in [4.69, 9.17) is 0 Å². The van der Waals surface area contributed by atoms with Gasteiger partial charge in [-0.25, -0.2) is 12.8 Å². The molecule has 1 aromatic carbocycles. The van der Waals surface area contributed by atoms with Crippen LogP contribution < -0.4 is 0 Å². The molecule has 124 valence electrons. The molecule has 1 heterocycles. The molecule has 22 heavy (non-hydrogen) atoms. The molecule has 0 spiro atoms. The number of rotatable bonds is 5. The zero-order chi connectivity index (χ0) is 16.3. The van der Waals surface area contributed by atoms with Crippen LogP contribution in [0.5, 0.6) is 0 Å². The van der Waals surface area contributed by atoms with Crippen molar-refractivity contribution in [3.05, 3.63) is 35.6 Å². The molecule has 4 nitrogen and oxygen atoms in total. The summed E-state index contributed by atoms with van der Waals surface area (Å²) in [6.45, 7) is 6.86. The molecular formula is C16H25FN2O2S. The molecule has 6 heteroatoms. The van der Waals surface area contributed by atoms with E-state index < -0.39 is 9.84 Å². The van der Waals surface area contributed by atoms with Crippen molar-refractivity contribution in [2.75, 3.05) is 32.4 Å². The lowest BCUT2D eigenvalue weighted by atomic mass is 10.2. The molecule has 1 aliphatic rings. The third kappa shape index (κ3) is 4.27. The molecular weight excluding hydrogens is 303 g/mol. The smallest absolute Gasteiger partial charge is 0.155 e. The van der Waals surface area contributed by atoms with E-state index in [9.17, 15) is 12.8 Å². The first-order chi connectivity index (χ1) is 10.3. The standard InChI is InChI=1S/C16H25FN2O2S/c1-13-14(2)22(20,21)11-10-19(13)9-8-18(3)12-15-4-6-16(17)7-5-15/h4-7,13-14H,8-12H2,1-3H3. The van der Waals surface area contributed by atoms with Crippen molar-refractivity contribution in [2.24, 2.45) is 0 Å². The van der Waals surface area contributed by atoms with Crippen molar-refractivity contribution in [2.45, 2.75) is 31.7 Å². The minimum Gasteiger partial charge on any atom is -0.301 e. The van der Waals surface area contributed by atoms with Gasteiger partial charge in [0.25, 0.3) is 0 Å². The third-order valence-electron chi connectivity index (χ3n) is 4.62. The van der Waals surface area contributed by atoms with Crippen LogP contribution in [0.25, 0.3) is 0 Å². The first-order valence-electron chi connectivity index (χ1n) is 7.68. The van der Waals surface area contributed by atoms with Gasteiger partial charge in [-0.2, -0.15) is 0 Å². The number of sulfone groups is 1. The second-order valence-electron chi connectivity index (χ2n) is 6.21. The summed E-state index contributed by atoms with van der Waals surface area (Å²) in [7, 11) is -0.900. The molecule has 0 bridgehead atoms. The Morgan fingerprint density at radius 1 is 1.27 bits per heavy atom. The Hall–Kier alpha value is -0.980. The van der Waals surface area contributed by atoms with Gasteiger partial charge in [-0.1, -0.05) is 12.1 Å². The van der Waals surface area contributed by atoms with E-state index in [1.807, 2.05) is 14.0 Å². The maximum Gasteiger partial charge on any atom is 0.155 e. The topological polar surface area (TPSA) is 40.6 Å². The number of hydrogen-bond acceptors (Lipinski definition) is 4. The van der Waals surface area contributed by atoms with Crippen molar-refractivity contribution in [1.29, 1.82) is 0 Å². The zero-order valence-electron chi connectivity index (χ0n) is 13.5. The predicted octanol–water partition coefficient (Wildman–Crippen LogP) is 1.76. The summed E-state index contributed by atoms with van der Waals surface area (Å²) in [6, 6.07) is 6.59. The molecule has 1 saturated heterocycles. The zero-order valence-corrected chi connectivity index (χ0v) is 14.3.